The van der Waals surface area contributed by atoms with Crippen LogP contribution in [0.1, 0.15) is 12.8 Å². The van der Waals surface area contributed by atoms with Gasteiger partial charge in [-0.05, 0) is 23.8 Å². The quantitative estimate of drug-likeness (QED) is 0.690. The molecule has 0 bridgehead atoms. The molecule has 5 nitrogen and oxygen atoms in total. The van der Waals surface area contributed by atoms with Crippen LogP contribution in [0.4, 0.5) is 5.82 Å². The third-order valence-corrected chi connectivity index (χ3v) is 6.29. The molecule has 0 saturated carbocycles. The summed E-state index contributed by atoms with van der Waals surface area (Å²) in [4.78, 5) is 10.0. The highest BCUT2D eigenvalue weighted by Gasteiger charge is 2.32. The molecule has 0 amide bonds. The number of thiophene rings is 1. The van der Waals surface area contributed by atoms with Gasteiger partial charge in [0.1, 0.15) is 12.1 Å². The van der Waals surface area contributed by atoms with Gasteiger partial charge in [0.25, 0.3) is 0 Å². The number of anilines is 1. The molecule has 1 fully saturated rings. The SMILES string of the molecule is COC1(CNc2ncnc3cc(-c4ccc(Cl)cc4)sc23)CCOCC1. The predicted molar refractivity (Wildman–Crippen MR) is 106 cm³/mol. The summed E-state index contributed by atoms with van der Waals surface area (Å²) in [5.41, 5.74) is 1.86. The molecule has 1 saturated heterocycles. The van der Waals surface area contributed by atoms with Crippen LogP contribution < -0.4 is 5.32 Å². The van der Waals surface area contributed by atoms with Gasteiger partial charge in [-0.2, -0.15) is 0 Å². The second-order valence-corrected chi connectivity index (χ2v) is 7.90. The first-order valence-corrected chi connectivity index (χ1v) is 9.76. The van der Waals surface area contributed by atoms with Crippen molar-refractivity contribution in [2.75, 3.05) is 32.2 Å². The minimum atomic E-state index is -0.203. The summed E-state index contributed by atoms with van der Waals surface area (Å²) < 4.78 is 12.3. The molecule has 3 aromatic rings. The van der Waals surface area contributed by atoms with Crippen LogP contribution in [0.2, 0.25) is 5.02 Å². The summed E-state index contributed by atoms with van der Waals surface area (Å²) in [6.07, 6.45) is 3.36. The molecule has 0 unspecified atom stereocenters. The standard InChI is InChI=1S/C19H20ClN3O2S/c1-24-19(6-8-25-9-7-19)11-21-18-17-15(22-12-23-18)10-16(26-17)13-2-4-14(20)5-3-13/h2-5,10,12H,6-9,11H2,1H3,(H,21,22,23). The number of nitrogens with one attached hydrogen (secondary N) is 1. The van der Waals surface area contributed by atoms with Gasteiger partial charge < -0.3 is 14.8 Å². The van der Waals surface area contributed by atoms with Crippen LogP contribution >= 0.6 is 22.9 Å². The average molecular weight is 390 g/mol. The van der Waals surface area contributed by atoms with Gasteiger partial charge in [0.05, 0.1) is 15.8 Å². The topological polar surface area (TPSA) is 56.3 Å². The monoisotopic (exact) mass is 389 g/mol. The highest BCUT2D eigenvalue weighted by Crippen LogP contribution is 2.36. The number of ether oxygens (including phenoxy) is 2. The smallest absolute Gasteiger partial charge is 0.147 e. The number of fused-ring (bicyclic) bond motifs is 1. The Labute approximate surface area is 161 Å². The molecule has 0 atom stereocenters. The van der Waals surface area contributed by atoms with Crippen molar-refractivity contribution in [1.29, 1.82) is 0 Å². The van der Waals surface area contributed by atoms with Crippen LogP contribution in [0.25, 0.3) is 20.7 Å². The van der Waals surface area contributed by atoms with Gasteiger partial charge in [-0.1, -0.05) is 23.7 Å². The predicted octanol–water partition coefficient (Wildman–Crippen LogP) is 4.62. The maximum Gasteiger partial charge on any atom is 0.147 e. The molecule has 1 N–H and O–H groups in total. The summed E-state index contributed by atoms with van der Waals surface area (Å²) in [7, 11) is 1.77. The van der Waals surface area contributed by atoms with Crippen LogP contribution in [0, 0.1) is 0 Å². The van der Waals surface area contributed by atoms with Gasteiger partial charge in [0.15, 0.2) is 0 Å². The number of halogens is 1. The number of aromatic nitrogens is 2. The zero-order valence-corrected chi connectivity index (χ0v) is 16.1. The summed E-state index contributed by atoms with van der Waals surface area (Å²) in [5.74, 6) is 0.850. The Morgan fingerprint density at radius 1 is 1.23 bits per heavy atom. The Bertz CT molecular complexity index is 891. The van der Waals surface area contributed by atoms with Crippen molar-refractivity contribution in [3.8, 4) is 10.4 Å². The number of methoxy groups -OCH3 is 1. The Hall–Kier alpha value is -1.73. The zero-order chi connectivity index (χ0) is 18.0. The number of rotatable bonds is 5. The van der Waals surface area contributed by atoms with E-state index in [2.05, 4.69) is 21.4 Å². The van der Waals surface area contributed by atoms with E-state index in [-0.39, 0.29) is 5.60 Å². The summed E-state index contributed by atoms with van der Waals surface area (Å²) in [5, 5.41) is 4.22. The summed E-state index contributed by atoms with van der Waals surface area (Å²) in [6, 6.07) is 9.95. The second-order valence-electron chi connectivity index (χ2n) is 6.41. The molecule has 3 heterocycles. The van der Waals surface area contributed by atoms with E-state index in [1.165, 1.54) is 0 Å². The lowest BCUT2D eigenvalue weighted by Gasteiger charge is -2.36. The Balaban J connectivity index is 1.60. The number of nitrogens with zero attached hydrogens (tertiary/aromatic N) is 2. The molecule has 0 aliphatic carbocycles. The molecule has 2 aromatic heterocycles. The van der Waals surface area contributed by atoms with Crippen LogP contribution in [0.15, 0.2) is 36.7 Å². The van der Waals surface area contributed by atoms with Crippen molar-refractivity contribution in [3.05, 3.63) is 41.7 Å². The van der Waals surface area contributed by atoms with Gasteiger partial charge in [-0.25, -0.2) is 9.97 Å². The largest absolute Gasteiger partial charge is 0.381 e. The first-order valence-electron chi connectivity index (χ1n) is 8.56. The molecular weight excluding hydrogens is 370 g/mol. The van der Waals surface area contributed by atoms with Gasteiger partial charge in [0, 0.05) is 49.6 Å². The van der Waals surface area contributed by atoms with Crippen molar-refractivity contribution >= 4 is 39.0 Å². The van der Waals surface area contributed by atoms with E-state index in [9.17, 15) is 0 Å². The molecule has 0 radical (unpaired) electrons. The van der Waals surface area contributed by atoms with E-state index in [0.29, 0.717) is 6.54 Å². The van der Waals surface area contributed by atoms with Crippen LogP contribution in [0.3, 0.4) is 0 Å². The molecule has 1 aromatic carbocycles. The van der Waals surface area contributed by atoms with E-state index < -0.39 is 0 Å². The third kappa shape index (κ3) is 3.55. The van der Waals surface area contributed by atoms with Crippen LogP contribution in [-0.4, -0.2) is 42.4 Å². The number of hydrogen-bond acceptors (Lipinski definition) is 6. The van der Waals surface area contributed by atoms with E-state index in [1.807, 2.05) is 24.3 Å². The van der Waals surface area contributed by atoms with Gasteiger partial charge in [-0.15, -0.1) is 11.3 Å². The van der Waals surface area contributed by atoms with Crippen molar-refractivity contribution in [2.24, 2.45) is 0 Å². The highest BCUT2D eigenvalue weighted by molar-refractivity contribution is 7.22. The van der Waals surface area contributed by atoms with Crippen LogP contribution in [-0.2, 0) is 9.47 Å². The first-order chi connectivity index (χ1) is 12.7. The van der Waals surface area contributed by atoms with Gasteiger partial charge >= 0.3 is 0 Å². The van der Waals surface area contributed by atoms with Crippen molar-refractivity contribution < 1.29 is 9.47 Å². The highest BCUT2D eigenvalue weighted by atomic mass is 35.5. The van der Waals surface area contributed by atoms with Crippen LogP contribution in [0.5, 0.6) is 0 Å². The fourth-order valence-corrected chi connectivity index (χ4v) is 4.39. The minimum absolute atomic E-state index is 0.203. The molecular formula is C19H20ClN3O2S. The summed E-state index contributed by atoms with van der Waals surface area (Å²) >= 11 is 7.68. The molecule has 0 spiro atoms. The first kappa shape index (κ1) is 17.7. The lowest BCUT2D eigenvalue weighted by atomic mass is 9.94. The number of hydrogen-bond donors (Lipinski definition) is 1. The fraction of sp³-hybridized carbons (Fsp3) is 0.368. The Morgan fingerprint density at radius 2 is 2.00 bits per heavy atom. The normalized spacial score (nSPS) is 16.7. The van der Waals surface area contributed by atoms with Crippen molar-refractivity contribution in [2.45, 2.75) is 18.4 Å². The van der Waals surface area contributed by atoms with Crippen molar-refractivity contribution in [1.82, 2.24) is 9.97 Å². The maximum absolute atomic E-state index is 6.00. The second kappa shape index (κ2) is 7.48. The molecule has 26 heavy (non-hydrogen) atoms. The fourth-order valence-electron chi connectivity index (χ4n) is 3.18. The number of benzene rings is 1. The minimum Gasteiger partial charge on any atom is -0.381 e. The molecule has 136 valence electrons. The zero-order valence-electron chi connectivity index (χ0n) is 14.5. The maximum atomic E-state index is 6.00. The Kier molecular flexibility index (Phi) is 5.09. The summed E-state index contributed by atoms with van der Waals surface area (Å²) in [6.45, 7) is 2.16. The molecule has 1 aliphatic heterocycles. The molecule has 7 heteroatoms. The van der Waals surface area contributed by atoms with E-state index in [1.54, 1.807) is 24.8 Å². The third-order valence-electron chi connectivity index (χ3n) is 4.85. The van der Waals surface area contributed by atoms with E-state index in [4.69, 9.17) is 21.1 Å². The molecule has 4 rings (SSSR count). The van der Waals surface area contributed by atoms with Gasteiger partial charge in [-0.3, -0.25) is 0 Å². The van der Waals surface area contributed by atoms with E-state index in [0.717, 1.165) is 57.6 Å². The lowest BCUT2D eigenvalue weighted by molar-refractivity contribution is -0.0807. The van der Waals surface area contributed by atoms with Crippen molar-refractivity contribution in [3.63, 3.8) is 0 Å². The average Bonchev–Trinajstić information content (AvgIpc) is 3.12. The Morgan fingerprint density at radius 3 is 2.73 bits per heavy atom. The van der Waals surface area contributed by atoms with Gasteiger partial charge in [0.2, 0.25) is 0 Å². The molecule has 1 aliphatic rings. The van der Waals surface area contributed by atoms with E-state index >= 15 is 0 Å². The lowest BCUT2D eigenvalue weighted by Crippen LogP contribution is -2.44.